The molecular weight excluding hydrogens is 267 g/mol. The molecule has 0 saturated carbocycles. The number of piperidine rings is 1. The Kier molecular flexibility index (Phi) is 5.34. The summed E-state index contributed by atoms with van der Waals surface area (Å²) in [6.07, 6.45) is 3.10. The van der Waals surface area contributed by atoms with E-state index < -0.39 is 5.82 Å². The van der Waals surface area contributed by atoms with Crippen LogP contribution in [0.3, 0.4) is 0 Å². The van der Waals surface area contributed by atoms with Crippen molar-refractivity contribution in [2.45, 2.75) is 39.2 Å². The van der Waals surface area contributed by atoms with E-state index in [1.54, 1.807) is 24.1 Å². The largest absolute Gasteiger partial charge is 0.339 e. The summed E-state index contributed by atoms with van der Waals surface area (Å²) >= 11 is 0. The number of amides is 1. The fourth-order valence-corrected chi connectivity index (χ4v) is 3.00. The van der Waals surface area contributed by atoms with E-state index in [2.05, 4.69) is 11.8 Å². The van der Waals surface area contributed by atoms with Crippen molar-refractivity contribution in [1.29, 1.82) is 0 Å². The van der Waals surface area contributed by atoms with Crippen molar-refractivity contribution >= 4 is 5.91 Å². The molecule has 116 valence electrons. The van der Waals surface area contributed by atoms with Gasteiger partial charge in [-0.05, 0) is 50.4 Å². The molecule has 3 nitrogen and oxygen atoms in total. The van der Waals surface area contributed by atoms with Crippen LogP contribution in [-0.4, -0.2) is 48.4 Å². The van der Waals surface area contributed by atoms with Gasteiger partial charge >= 0.3 is 0 Å². The Morgan fingerprint density at radius 2 is 2.05 bits per heavy atom. The van der Waals surface area contributed by atoms with Gasteiger partial charge in [0.2, 0.25) is 0 Å². The van der Waals surface area contributed by atoms with Crippen LogP contribution in [0, 0.1) is 12.7 Å². The molecule has 21 heavy (non-hydrogen) atoms. The van der Waals surface area contributed by atoms with Gasteiger partial charge in [-0.2, -0.15) is 0 Å². The molecule has 4 heteroatoms. The Bertz CT molecular complexity index is 496. The van der Waals surface area contributed by atoms with E-state index in [4.69, 9.17) is 0 Å². The molecule has 1 aliphatic rings. The number of rotatable bonds is 4. The topological polar surface area (TPSA) is 23.6 Å². The molecule has 0 atom stereocenters. The van der Waals surface area contributed by atoms with Crippen LogP contribution in [0.1, 0.15) is 42.1 Å². The summed E-state index contributed by atoms with van der Waals surface area (Å²) in [4.78, 5) is 16.6. The van der Waals surface area contributed by atoms with Crippen molar-refractivity contribution in [1.82, 2.24) is 9.80 Å². The SMILES string of the molecule is CCCN1CCC(N(C)C(=O)c2ccc(C)cc2F)CC1. The Morgan fingerprint density at radius 3 is 2.62 bits per heavy atom. The van der Waals surface area contributed by atoms with Gasteiger partial charge in [0.05, 0.1) is 5.56 Å². The molecule has 1 aromatic carbocycles. The molecular formula is C17H25FN2O. The monoisotopic (exact) mass is 292 g/mol. The molecule has 0 unspecified atom stereocenters. The molecule has 1 saturated heterocycles. The summed E-state index contributed by atoms with van der Waals surface area (Å²) in [7, 11) is 1.79. The zero-order chi connectivity index (χ0) is 15.4. The van der Waals surface area contributed by atoms with Crippen LogP contribution in [0.2, 0.25) is 0 Å². The maximum Gasteiger partial charge on any atom is 0.256 e. The number of nitrogens with zero attached hydrogens (tertiary/aromatic N) is 2. The minimum absolute atomic E-state index is 0.180. The highest BCUT2D eigenvalue weighted by Crippen LogP contribution is 2.19. The lowest BCUT2D eigenvalue weighted by Crippen LogP contribution is -2.45. The zero-order valence-corrected chi connectivity index (χ0v) is 13.2. The first kappa shape index (κ1) is 16.0. The number of halogens is 1. The second-order valence-corrected chi connectivity index (χ2v) is 5.97. The van der Waals surface area contributed by atoms with Crippen LogP contribution >= 0.6 is 0 Å². The van der Waals surface area contributed by atoms with Crippen molar-refractivity contribution in [3.8, 4) is 0 Å². The molecule has 0 aromatic heterocycles. The average Bonchev–Trinajstić information content (AvgIpc) is 2.47. The van der Waals surface area contributed by atoms with Gasteiger partial charge in [0.15, 0.2) is 0 Å². The van der Waals surface area contributed by atoms with E-state index in [1.807, 2.05) is 6.92 Å². The van der Waals surface area contributed by atoms with Crippen molar-refractivity contribution in [3.63, 3.8) is 0 Å². The molecule has 0 aliphatic carbocycles. The smallest absolute Gasteiger partial charge is 0.256 e. The third-order valence-corrected chi connectivity index (χ3v) is 4.32. The lowest BCUT2D eigenvalue weighted by atomic mass is 10.0. The third kappa shape index (κ3) is 3.82. The van der Waals surface area contributed by atoms with Gasteiger partial charge in [0, 0.05) is 26.2 Å². The predicted molar refractivity (Wildman–Crippen MR) is 83.0 cm³/mol. The molecule has 0 bridgehead atoms. The number of likely N-dealkylation sites (tertiary alicyclic amines) is 1. The van der Waals surface area contributed by atoms with E-state index in [1.165, 1.54) is 6.07 Å². The van der Waals surface area contributed by atoms with Gasteiger partial charge in [0.25, 0.3) is 5.91 Å². The molecule has 2 rings (SSSR count). The van der Waals surface area contributed by atoms with Crippen LogP contribution in [0.4, 0.5) is 4.39 Å². The standard InChI is InChI=1S/C17H25FN2O/c1-4-9-20-10-7-14(8-11-20)19(3)17(21)15-6-5-13(2)12-16(15)18/h5-6,12,14H,4,7-11H2,1-3H3. The highest BCUT2D eigenvalue weighted by atomic mass is 19.1. The summed E-state index contributed by atoms with van der Waals surface area (Å²) in [5, 5.41) is 0. The number of benzene rings is 1. The van der Waals surface area contributed by atoms with E-state index in [9.17, 15) is 9.18 Å². The van der Waals surface area contributed by atoms with Crippen LogP contribution in [0.5, 0.6) is 0 Å². The summed E-state index contributed by atoms with van der Waals surface area (Å²) in [6, 6.07) is 5.01. The van der Waals surface area contributed by atoms with Gasteiger partial charge in [-0.15, -0.1) is 0 Å². The normalized spacial score (nSPS) is 17.0. The highest BCUT2D eigenvalue weighted by molar-refractivity contribution is 5.94. The first-order valence-corrected chi connectivity index (χ1v) is 7.78. The minimum Gasteiger partial charge on any atom is -0.339 e. The summed E-state index contributed by atoms with van der Waals surface area (Å²) in [5.41, 5.74) is 1.01. The molecule has 1 heterocycles. The predicted octanol–water partition coefficient (Wildman–Crippen LogP) is 3.08. The van der Waals surface area contributed by atoms with E-state index in [0.29, 0.717) is 0 Å². The molecule has 0 radical (unpaired) electrons. The van der Waals surface area contributed by atoms with Gasteiger partial charge in [0.1, 0.15) is 5.82 Å². The lowest BCUT2D eigenvalue weighted by molar-refractivity contribution is 0.0638. The van der Waals surface area contributed by atoms with Crippen LogP contribution < -0.4 is 0 Å². The van der Waals surface area contributed by atoms with Gasteiger partial charge in [-0.1, -0.05) is 13.0 Å². The Hall–Kier alpha value is -1.42. The molecule has 0 N–H and O–H groups in total. The maximum atomic E-state index is 13.9. The molecule has 1 aromatic rings. The number of carbonyl (C=O) groups excluding carboxylic acids is 1. The molecule has 1 aliphatic heterocycles. The van der Waals surface area contributed by atoms with Crippen molar-refractivity contribution in [3.05, 3.63) is 35.1 Å². The summed E-state index contributed by atoms with van der Waals surface area (Å²) in [5.74, 6) is -0.628. The zero-order valence-electron chi connectivity index (χ0n) is 13.2. The minimum atomic E-state index is -0.421. The second kappa shape index (κ2) is 7.03. The first-order chi connectivity index (χ1) is 10.0. The average molecular weight is 292 g/mol. The Balaban J connectivity index is 2.00. The molecule has 0 spiro atoms. The summed E-state index contributed by atoms with van der Waals surface area (Å²) < 4.78 is 13.9. The molecule has 1 fully saturated rings. The number of carbonyl (C=O) groups is 1. The van der Waals surface area contributed by atoms with Gasteiger partial charge < -0.3 is 9.80 Å². The summed E-state index contributed by atoms with van der Waals surface area (Å²) in [6.45, 7) is 7.17. The third-order valence-electron chi connectivity index (χ3n) is 4.32. The van der Waals surface area contributed by atoms with Crippen LogP contribution in [0.25, 0.3) is 0 Å². The number of hydrogen-bond donors (Lipinski definition) is 0. The Morgan fingerprint density at radius 1 is 1.38 bits per heavy atom. The van der Waals surface area contributed by atoms with Gasteiger partial charge in [-0.25, -0.2) is 4.39 Å². The van der Waals surface area contributed by atoms with E-state index >= 15 is 0 Å². The van der Waals surface area contributed by atoms with Crippen molar-refractivity contribution in [2.24, 2.45) is 0 Å². The van der Waals surface area contributed by atoms with Crippen molar-refractivity contribution < 1.29 is 9.18 Å². The number of hydrogen-bond acceptors (Lipinski definition) is 2. The van der Waals surface area contributed by atoms with E-state index in [0.717, 1.165) is 44.5 Å². The number of aryl methyl sites for hydroxylation is 1. The fourth-order valence-electron chi connectivity index (χ4n) is 3.00. The lowest BCUT2D eigenvalue weighted by Gasteiger charge is -2.36. The second-order valence-electron chi connectivity index (χ2n) is 5.97. The van der Waals surface area contributed by atoms with Crippen molar-refractivity contribution in [2.75, 3.05) is 26.7 Å². The quantitative estimate of drug-likeness (QED) is 0.851. The first-order valence-electron chi connectivity index (χ1n) is 7.78. The van der Waals surface area contributed by atoms with Crippen LogP contribution in [-0.2, 0) is 0 Å². The van der Waals surface area contributed by atoms with E-state index in [-0.39, 0.29) is 17.5 Å². The van der Waals surface area contributed by atoms with Crippen LogP contribution in [0.15, 0.2) is 18.2 Å². The fraction of sp³-hybridized carbons (Fsp3) is 0.588. The Labute approximate surface area is 126 Å². The highest BCUT2D eigenvalue weighted by Gasteiger charge is 2.26. The molecule has 1 amide bonds. The maximum absolute atomic E-state index is 13.9. The van der Waals surface area contributed by atoms with Gasteiger partial charge in [-0.3, -0.25) is 4.79 Å².